The van der Waals surface area contributed by atoms with Crippen molar-refractivity contribution in [3.05, 3.63) is 46.7 Å². The SMILES string of the molecule is CCC(N)Cc1ccc(Sc2ncccc2Br)nc1. The fourth-order valence-corrected chi connectivity index (χ4v) is 2.80. The molecule has 2 heterocycles. The molecule has 0 bridgehead atoms. The lowest BCUT2D eigenvalue weighted by Crippen LogP contribution is -2.21. The van der Waals surface area contributed by atoms with Gasteiger partial charge in [-0.05, 0) is 64.3 Å². The number of aromatic nitrogens is 2. The zero-order valence-corrected chi connectivity index (χ0v) is 13.1. The van der Waals surface area contributed by atoms with Crippen molar-refractivity contribution in [2.75, 3.05) is 0 Å². The molecule has 19 heavy (non-hydrogen) atoms. The maximum absolute atomic E-state index is 5.94. The highest BCUT2D eigenvalue weighted by atomic mass is 79.9. The van der Waals surface area contributed by atoms with Crippen molar-refractivity contribution in [2.24, 2.45) is 5.73 Å². The molecule has 1 unspecified atom stereocenters. The summed E-state index contributed by atoms with van der Waals surface area (Å²) in [6.45, 7) is 2.10. The lowest BCUT2D eigenvalue weighted by atomic mass is 10.1. The first-order chi connectivity index (χ1) is 9.19. The Morgan fingerprint density at radius 3 is 2.79 bits per heavy atom. The molecule has 2 aromatic rings. The molecule has 2 N–H and O–H groups in total. The van der Waals surface area contributed by atoms with Gasteiger partial charge in [-0.1, -0.05) is 13.0 Å². The molecular weight excluding hydrogens is 322 g/mol. The summed E-state index contributed by atoms with van der Waals surface area (Å²) in [7, 11) is 0. The Kier molecular flexibility index (Phi) is 5.36. The number of halogens is 1. The second-order valence-electron chi connectivity index (χ2n) is 4.27. The summed E-state index contributed by atoms with van der Waals surface area (Å²) >= 11 is 5.03. The van der Waals surface area contributed by atoms with E-state index < -0.39 is 0 Å². The normalized spacial score (nSPS) is 12.4. The van der Waals surface area contributed by atoms with E-state index in [1.54, 1.807) is 18.0 Å². The number of hydrogen-bond donors (Lipinski definition) is 1. The molecule has 0 saturated heterocycles. The highest BCUT2D eigenvalue weighted by Gasteiger charge is 2.06. The number of hydrogen-bond acceptors (Lipinski definition) is 4. The zero-order chi connectivity index (χ0) is 13.7. The summed E-state index contributed by atoms with van der Waals surface area (Å²) in [6.07, 6.45) is 5.54. The molecular formula is C14H16BrN3S. The van der Waals surface area contributed by atoms with E-state index in [4.69, 9.17) is 5.73 Å². The van der Waals surface area contributed by atoms with E-state index in [9.17, 15) is 0 Å². The Morgan fingerprint density at radius 1 is 1.32 bits per heavy atom. The minimum absolute atomic E-state index is 0.213. The molecule has 0 spiro atoms. The van der Waals surface area contributed by atoms with Gasteiger partial charge in [0, 0.05) is 18.4 Å². The summed E-state index contributed by atoms with van der Waals surface area (Å²) in [5, 5.41) is 1.86. The van der Waals surface area contributed by atoms with Gasteiger partial charge in [0.25, 0.3) is 0 Å². The van der Waals surface area contributed by atoms with Gasteiger partial charge in [0.2, 0.25) is 0 Å². The fraction of sp³-hybridized carbons (Fsp3) is 0.286. The predicted molar refractivity (Wildman–Crippen MR) is 82.3 cm³/mol. The van der Waals surface area contributed by atoms with Crippen LogP contribution in [0.2, 0.25) is 0 Å². The van der Waals surface area contributed by atoms with Crippen molar-refractivity contribution in [3.63, 3.8) is 0 Å². The molecule has 0 aliphatic carbocycles. The molecule has 1 atom stereocenters. The van der Waals surface area contributed by atoms with Crippen molar-refractivity contribution in [3.8, 4) is 0 Å². The van der Waals surface area contributed by atoms with Gasteiger partial charge >= 0.3 is 0 Å². The van der Waals surface area contributed by atoms with Crippen LogP contribution in [0.25, 0.3) is 0 Å². The highest BCUT2D eigenvalue weighted by Crippen LogP contribution is 2.30. The summed E-state index contributed by atoms with van der Waals surface area (Å²) in [5.74, 6) is 0. The van der Waals surface area contributed by atoms with E-state index in [1.807, 2.05) is 24.4 Å². The number of rotatable bonds is 5. The molecule has 0 aliphatic rings. The third-order valence-electron chi connectivity index (χ3n) is 2.75. The van der Waals surface area contributed by atoms with Gasteiger partial charge < -0.3 is 5.73 Å². The van der Waals surface area contributed by atoms with Crippen molar-refractivity contribution >= 4 is 27.7 Å². The topological polar surface area (TPSA) is 51.8 Å². The van der Waals surface area contributed by atoms with Crippen molar-refractivity contribution in [1.29, 1.82) is 0 Å². The maximum Gasteiger partial charge on any atom is 0.116 e. The Bertz CT molecular complexity index is 530. The van der Waals surface area contributed by atoms with Gasteiger partial charge in [-0.15, -0.1) is 0 Å². The predicted octanol–water partition coefficient (Wildman–Crippen LogP) is 3.67. The van der Waals surface area contributed by atoms with Crippen LogP contribution in [0.4, 0.5) is 0 Å². The molecule has 0 aliphatic heterocycles. The third kappa shape index (κ3) is 4.30. The van der Waals surface area contributed by atoms with E-state index in [-0.39, 0.29) is 6.04 Å². The van der Waals surface area contributed by atoms with Gasteiger partial charge in [0.05, 0.1) is 4.47 Å². The largest absolute Gasteiger partial charge is 0.327 e. The van der Waals surface area contributed by atoms with Crippen LogP contribution >= 0.6 is 27.7 Å². The molecule has 0 radical (unpaired) electrons. The van der Waals surface area contributed by atoms with E-state index in [1.165, 1.54) is 5.56 Å². The van der Waals surface area contributed by atoms with Crippen molar-refractivity contribution in [1.82, 2.24) is 9.97 Å². The minimum atomic E-state index is 0.213. The Labute approximate surface area is 126 Å². The van der Waals surface area contributed by atoms with Gasteiger partial charge in [-0.3, -0.25) is 0 Å². The van der Waals surface area contributed by atoms with E-state index in [0.29, 0.717) is 0 Å². The first-order valence-corrected chi connectivity index (χ1v) is 7.79. The monoisotopic (exact) mass is 337 g/mol. The van der Waals surface area contributed by atoms with Gasteiger partial charge in [-0.25, -0.2) is 9.97 Å². The van der Waals surface area contributed by atoms with Crippen molar-refractivity contribution in [2.45, 2.75) is 35.9 Å². The second kappa shape index (κ2) is 7.03. The van der Waals surface area contributed by atoms with Crippen LogP contribution in [0.15, 0.2) is 51.2 Å². The summed E-state index contributed by atoms with van der Waals surface area (Å²) in [4.78, 5) is 8.76. The second-order valence-corrected chi connectivity index (χ2v) is 6.13. The number of pyridine rings is 2. The number of nitrogens with two attached hydrogens (primary N) is 1. The van der Waals surface area contributed by atoms with Crippen LogP contribution < -0.4 is 5.73 Å². The lowest BCUT2D eigenvalue weighted by Gasteiger charge is -2.08. The molecule has 2 rings (SSSR count). The molecule has 100 valence electrons. The summed E-state index contributed by atoms with van der Waals surface area (Å²) in [6, 6.07) is 8.19. The van der Waals surface area contributed by atoms with Crippen LogP contribution in [0.3, 0.4) is 0 Å². The molecule has 3 nitrogen and oxygen atoms in total. The van der Waals surface area contributed by atoms with Gasteiger partial charge in [0.15, 0.2) is 0 Å². The van der Waals surface area contributed by atoms with E-state index in [0.717, 1.165) is 27.4 Å². The van der Waals surface area contributed by atoms with Crippen LogP contribution in [0.1, 0.15) is 18.9 Å². The van der Waals surface area contributed by atoms with E-state index >= 15 is 0 Å². The fourth-order valence-electron chi connectivity index (χ4n) is 1.58. The lowest BCUT2D eigenvalue weighted by molar-refractivity contribution is 0.644. The van der Waals surface area contributed by atoms with Crippen LogP contribution in [-0.2, 0) is 6.42 Å². The molecule has 0 saturated carbocycles. The van der Waals surface area contributed by atoms with Crippen LogP contribution in [-0.4, -0.2) is 16.0 Å². The van der Waals surface area contributed by atoms with Crippen LogP contribution in [0.5, 0.6) is 0 Å². The maximum atomic E-state index is 5.94. The zero-order valence-electron chi connectivity index (χ0n) is 10.7. The van der Waals surface area contributed by atoms with Crippen LogP contribution in [0, 0.1) is 0 Å². The first kappa shape index (κ1) is 14.5. The first-order valence-electron chi connectivity index (χ1n) is 6.18. The average Bonchev–Trinajstić information content (AvgIpc) is 2.43. The van der Waals surface area contributed by atoms with Crippen molar-refractivity contribution < 1.29 is 0 Å². The minimum Gasteiger partial charge on any atom is -0.327 e. The standard InChI is InChI=1S/C14H16BrN3S/c1-2-11(16)8-10-5-6-13(18-9-10)19-14-12(15)4-3-7-17-14/h3-7,9,11H,2,8,16H2,1H3. The van der Waals surface area contributed by atoms with E-state index in [2.05, 4.69) is 38.9 Å². The highest BCUT2D eigenvalue weighted by molar-refractivity contribution is 9.10. The van der Waals surface area contributed by atoms with Gasteiger partial charge in [-0.2, -0.15) is 0 Å². The molecule has 2 aromatic heterocycles. The smallest absolute Gasteiger partial charge is 0.116 e. The average molecular weight is 338 g/mol. The summed E-state index contributed by atoms with van der Waals surface area (Å²) < 4.78 is 0.985. The Morgan fingerprint density at radius 2 is 2.16 bits per heavy atom. The number of nitrogens with zero attached hydrogens (tertiary/aromatic N) is 2. The Hall–Kier alpha value is -0.910. The Balaban J connectivity index is 2.05. The molecule has 0 amide bonds. The third-order valence-corrected chi connectivity index (χ3v) is 4.62. The van der Waals surface area contributed by atoms with Gasteiger partial charge in [0.1, 0.15) is 10.1 Å². The molecule has 5 heteroatoms. The quantitative estimate of drug-likeness (QED) is 0.904. The summed E-state index contributed by atoms with van der Waals surface area (Å²) in [5.41, 5.74) is 7.12. The molecule has 0 fully saturated rings. The molecule has 0 aromatic carbocycles.